The summed E-state index contributed by atoms with van der Waals surface area (Å²) in [5, 5.41) is 8.39. The number of pyridine rings is 1. The molecule has 3 aromatic rings. The minimum atomic E-state index is -0.504. The highest BCUT2D eigenvalue weighted by molar-refractivity contribution is 5.56. The van der Waals surface area contributed by atoms with Crippen molar-refractivity contribution in [2.24, 2.45) is 11.8 Å². The van der Waals surface area contributed by atoms with Crippen molar-refractivity contribution in [2.75, 3.05) is 0 Å². The number of aromatic nitrogens is 5. The van der Waals surface area contributed by atoms with Crippen molar-refractivity contribution in [2.45, 2.75) is 31.8 Å². The topological polar surface area (TPSA) is 82.7 Å². The molecule has 0 saturated heterocycles. The number of nitrogens with zero attached hydrogens (tertiary/aromatic N) is 5. The van der Waals surface area contributed by atoms with Crippen LogP contribution in [-0.2, 0) is 6.54 Å². The van der Waals surface area contributed by atoms with Gasteiger partial charge in [0.1, 0.15) is 0 Å². The van der Waals surface area contributed by atoms with Crippen LogP contribution in [0.3, 0.4) is 0 Å². The zero-order valence-electron chi connectivity index (χ0n) is 14.7. The average molecular weight is 361 g/mol. The number of fused-ring (bicyclic) bond motifs is 1. The highest BCUT2D eigenvalue weighted by Gasteiger charge is 2.46. The van der Waals surface area contributed by atoms with E-state index in [9.17, 15) is 9.59 Å². The Balaban J connectivity index is 1.37. The van der Waals surface area contributed by atoms with Crippen LogP contribution in [0.4, 0.5) is 0 Å². The fourth-order valence-corrected chi connectivity index (χ4v) is 4.13. The predicted octanol–water partition coefficient (Wildman–Crippen LogP) is 1.88. The van der Waals surface area contributed by atoms with Crippen LogP contribution in [0.15, 0.2) is 58.6 Å². The molecule has 0 N–H and O–H groups in total. The summed E-state index contributed by atoms with van der Waals surface area (Å²) in [6.45, 7) is 0.227. The molecule has 0 aromatic carbocycles. The molecule has 2 fully saturated rings. The molecule has 0 aliphatic heterocycles. The Morgan fingerprint density at radius 2 is 1.81 bits per heavy atom. The zero-order chi connectivity index (χ0) is 18.4. The fraction of sp³-hybridized carbons (Fsp3) is 0.350. The summed E-state index contributed by atoms with van der Waals surface area (Å²) in [6.07, 6.45) is 10.2. The smallest absolute Gasteiger partial charge is 0.306 e. The van der Waals surface area contributed by atoms with Crippen molar-refractivity contribution in [1.29, 1.82) is 0 Å². The Bertz CT molecular complexity index is 1080. The van der Waals surface area contributed by atoms with E-state index in [4.69, 9.17) is 0 Å². The summed E-state index contributed by atoms with van der Waals surface area (Å²) < 4.78 is 3.03. The van der Waals surface area contributed by atoms with E-state index < -0.39 is 11.1 Å². The van der Waals surface area contributed by atoms with E-state index in [0.29, 0.717) is 5.69 Å². The molecule has 2 aliphatic carbocycles. The lowest BCUT2D eigenvalue weighted by molar-refractivity contribution is 0.445. The van der Waals surface area contributed by atoms with Crippen LogP contribution in [0.5, 0.6) is 0 Å². The SMILES string of the molecule is O=c1c(=O)n(C2CC3CC3C2)ccn1Cc1ccc(-c2cccnc2)nn1. The van der Waals surface area contributed by atoms with Crippen molar-refractivity contribution in [3.8, 4) is 11.3 Å². The first-order chi connectivity index (χ1) is 13.2. The molecule has 0 amide bonds. The van der Waals surface area contributed by atoms with Gasteiger partial charge in [-0.3, -0.25) is 14.6 Å². The van der Waals surface area contributed by atoms with E-state index in [2.05, 4.69) is 15.2 Å². The summed E-state index contributed by atoms with van der Waals surface area (Å²) in [6, 6.07) is 7.59. The Kier molecular flexibility index (Phi) is 3.74. The first-order valence-electron chi connectivity index (χ1n) is 9.23. The maximum Gasteiger partial charge on any atom is 0.316 e. The maximum atomic E-state index is 12.5. The van der Waals surface area contributed by atoms with Gasteiger partial charge in [0.05, 0.1) is 17.9 Å². The minimum absolute atomic E-state index is 0.183. The van der Waals surface area contributed by atoms with Gasteiger partial charge in [-0.15, -0.1) is 0 Å². The van der Waals surface area contributed by atoms with Crippen LogP contribution >= 0.6 is 0 Å². The molecular formula is C20H19N5O2. The van der Waals surface area contributed by atoms with Crippen molar-refractivity contribution in [1.82, 2.24) is 24.3 Å². The second kappa shape index (κ2) is 6.26. The summed E-state index contributed by atoms with van der Waals surface area (Å²) in [4.78, 5) is 29.1. The van der Waals surface area contributed by atoms with E-state index in [1.807, 2.05) is 24.3 Å². The molecular weight excluding hydrogens is 342 g/mol. The first kappa shape index (κ1) is 16.1. The summed E-state index contributed by atoms with van der Waals surface area (Å²) >= 11 is 0. The van der Waals surface area contributed by atoms with Crippen LogP contribution < -0.4 is 11.1 Å². The van der Waals surface area contributed by atoms with Crippen molar-refractivity contribution < 1.29 is 0 Å². The molecule has 2 saturated carbocycles. The number of rotatable bonds is 4. The number of hydrogen-bond donors (Lipinski definition) is 0. The highest BCUT2D eigenvalue weighted by Crippen LogP contribution is 2.55. The van der Waals surface area contributed by atoms with Crippen LogP contribution in [-0.4, -0.2) is 24.3 Å². The summed E-state index contributed by atoms with van der Waals surface area (Å²) in [7, 11) is 0. The van der Waals surface area contributed by atoms with Gasteiger partial charge in [-0.05, 0) is 55.4 Å². The molecule has 3 heterocycles. The maximum absolute atomic E-state index is 12.5. The predicted molar refractivity (Wildman–Crippen MR) is 99.2 cm³/mol. The van der Waals surface area contributed by atoms with Gasteiger partial charge in [-0.25, -0.2) is 0 Å². The molecule has 7 heteroatoms. The molecule has 0 spiro atoms. The van der Waals surface area contributed by atoms with Gasteiger partial charge in [0.2, 0.25) is 0 Å². The van der Waals surface area contributed by atoms with E-state index >= 15 is 0 Å². The highest BCUT2D eigenvalue weighted by atomic mass is 16.2. The van der Waals surface area contributed by atoms with E-state index in [1.54, 1.807) is 29.4 Å². The Morgan fingerprint density at radius 1 is 0.963 bits per heavy atom. The van der Waals surface area contributed by atoms with E-state index in [1.165, 1.54) is 11.0 Å². The zero-order valence-corrected chi connectivity index (χ0v) is 14.7. The Hall–Kier alpha value is -3.09. The van der Waals surface area contributed by atoms with Gasteiger partial charge in [0, 0.05) is 36.4 Å². The number of hydrogen-bond acceptors (Lipinski definition) is 5. The lowest BCUT2D eigenvalue weighted by Gasteiger charge is -2.16. The van der Waals surface area contributed by atoms with Crippen LogP contribution in [0.25, 0.3) is 11.3 Å². The van der Waals surface area contributed by atoms with Gasteiger partial charge in [-0.1, -0.05) is 0 Å². The van der Waals surface area contributed by atoms with Gasteiger partial charge in [0.15, 0.2) is 0 Å². The Labute approximate surface area is 155 Å². The molecule has 2 aliphatic rings. The average Bonchev–Trinajstić information content (AvgIpc) is 3.32. The van der Waals surface area contributed by atoms with Gasteiger partial charge in [0.25, 0.3) is 0 Å². The second-order valence-electron chi connectivity index (χ2n) is 7.48. The quantitative estimate of drug-likeness (QED) is 0.663. The van der Waals surface area contributed by atoms with Crippen LogP contribution in [0.1, 0.15) is 31.0 Å². The Morgan fingerprint density at radius 3 is 2.52 bits per heavy atom. The van der Waals surface area contributed by atoms with Crippen molar-refractivity contribution in [3.05, 3.63) is 75.5 Å². The fourth-order valence-electron chi connectivity index (χ4n) is 4.13. The normalized spacial score (nSPS) is 23.2. The first-order valence-corrected chi connectivity index (χ1v) is 9.23. The molecule has 0 radical (unpaired) electrons. The standard InChI is InChI=1S/C20H19N5O2/c26-19-20(27)25(17-9-14-8-15(14)10-17)7-6-24(19)12-16-3-4-18(23-22-16)13-2-1-5-21-11-13/h1-7,11,14-15,17H,8-10,12H2. The van der Waals surface area contributed by atoms with E-state index in [0.717, 1.165) is 35.9 Å². The van der Waals surface area contributed by atoms with Crippen LogP contribution in [0.2, 0.25) is 0 Å². The molecule has 7 nitrogen and oxygen atoms in total. The molecule has 5 rings (SSSR count). The van der Waals surface area contributed by atoms with E-state index in [-0.39, 0.29) is 12.6 Å². The van der Waals surface area contributed by atoms with Gasteiger partial charge >= 0.3 is 11.1 Å². The van der Waals surface area contributed by atoms with Gasteiger partial charge < -0.3 is 9.13 Å². The minimum Gasteiger partial charge on any atom is -0.306 e. The van der Waals surface area contributed by atoms with Crippen molar-refractivity contribution >= 4 is 0 Å². The molecule has 3 aromatic heterocycles. The van der Waals surface area contributed by atoms with Gasteiger partial charge in [-0.2, -0.15) is 10.2 Å². The largest absolute Gasteiger partial charge is 0.316 e. The lowest BCUT2D eigenvalue weighted by atomic mass is 10.1. The summed E-state index contributed by atoms with van der Waals surface area (Å²) in [5.74, 6) is 1.52. The van der Waals surface area contributed by atoms with Crippen LogP contribution in [0, 0.1) is 11.8 Å². The molecule has 136 valence electrons. The molecule has 2 unspecified atom stereocenters. The third kappa shape index (κ3) is 2.99. The second-order valence-corrected chi connectivity index (χ2v) is 7.48. The monoisotopic (exact) mass is 361 g/mol. The third-order valence-corrected chi connectivity index (χ3v) is 5.71. The van der Waals surface area contributed by atoms with Crippen molar-refractivity contribution in [3.63, 3.8) is 0 Å². The summed E-state index contributed by atoms with van der Waals surface area (Å²) in [5.41, 5.74) is 1.28. The third-order valence-electron chi connectivity index (χ3n) is 5.71. The lowest BCUT2D eigenvalue weighted by Crippen LogP contribution is -2.42. The molecule has 27 heavy (non-hydrogen) atoms. The molecule has 2 atom stereocenters. The molecule has 0 bridgehead atoms.